The number of hydrogen-bond acceptors (Lipinski definition) is 3. The third-order valence-electron chi connectivity index (χ3n) is 3.52. The zero-order chi connectivity index (χ0) is 18.0. The van der Waals surface area contributed by atoms with E-state index in [0.717, 1.165) is 30.0 Å². The first-order valence-corrected chi connectivity index (χ1v) is 10.2. The minimum Gasteiger partial charge on any atom is -0.356 e. The number of rotatable bonds is 9. The molecule has 0 aliphatic heterocycles. The summed E-state index contributed by atoms with van der Waals surface area (Å²) < 4.78 is 24.5. The molecule has 6 nitrogen and oxygen atoms in total. The Balaban J connectivity index is 0.00000576. The molecule has 25 heavy (non-hydrogen) atoms. The van der Waals surface area contributed by atoms with E-state index in [9.17, 15) is 8.42 Å². The molecule has 0 aliphatic rings. The Kier molecular flexibility index (Phi) is 12.4. The lowest BCUT2D eigenvalue weighted by atomic mass is 10.1. The number of halogens is 2. The second-order valence-electron chi connectivity index (χ2n) is 5.41. The maximum Gasteiger partial charge on any atom is 0.211 e. The Labute approximate surface area is 173 Å². The van der Waals surface area contributed by atoms with Crippen LogP contribution in [-0.4, -0.2) is 58.2 Å². The fourth-order valence-corrected chi connectivity index (χ4v) is 3.40. The van der Waals surface area contributed by atoms with Crippen molar-refractivity contribution in [2.45, 2.75) is 19.8 Å². The fourth-order valence-electron chi connectivity index (χ4n) is 2.26. The summed E-state index contributed by atoms with van der Waals surface area (Å²) in [5.74, 6) is 0.708. The second-order valence-corrected chi connectivity index (χ2v) is 7.83. The molecule has 144 valence electrons. The van der Waals surface area contributed by atoms with Gasteiger partial charge in [0.15, 0.2) is 5.96 Å². The van der Waals surface area contributed by atoms with Crippen molar-refractivity contribution in [3.05, 3.63) is 34.9 Å². The summed E-state index contributed by atoms with van der Waals surface area (Å²) in [6.45, 7) is 4.23. The molecule has 0 unspecified atom stereocenters. The van der Waals surface area contributed by atoms with Crippen molar-refractivity contribution in [1.29, 1.82) is 0 Å². The lowest BCUT2D eigenvalue weighted by Gasteiger charge is -2.18. The van der Waals surface area contributed by atoms with Gasteiger partial charge in [0.2, 0.25) is 10.0 Å². The maximum atomic E-state index is 11.5. The van der Waals surface area contributed by atoms with Crippen molar-refractivity contribution in [1.82, 2.24) is 14.9 Å². The van der Waals surface area contributed by atoms with Crippen molar-refractivity contribution < 1.29 is 8.42 Å². The monoisotopic (exact) mass is 502 g/mol. The van der Waals surface area contributed by atoms with Gasteiger partial charge < -0.3 is 10.6 Å². The summed E-state index contributed by atoms with van der Waals surface area (Å²) in [6, 6.07) is 7.78. The molecule has 0 radical (unpaired) electrons. The fraction of sp³-hybridized carbons (Fsp3) is 0.562. The molecule has 0 fully saturated rings. The third-order valence-corrected chi connectivity index (χ3v) is 5.13. The molecule has 0 aromatic heterocycles. The topological polar surface area (TPSA) is 73.8 Å². The Hall–Kier alpha value is -0.580. The van der Waals surface area contributed by atoms with E-state index >= 15 is 0 Å². The van der Waals surface area contributed by atoms with E-state index in [1.54, 1.807) is 7.05 Å². The van der Waals surface area contributed by atoms with Gasteiger partial charge in [0.1, 0.15) is 0 Å². The van der Waals surface area contributed by atoms with E-state index < -0.39 is 10.0 Å². The zero-order valence-electron chi connectivity index (χ0n) is 15.0. The molecule has 2 N–H and O–H groups in total. The van der Waals surface area contributed by atoms with Crippen molar-refractivity contribution >= 4 is 51.6 Å². The lowest BCUT2D eigenvalue weighted by Crippen LogP contribution is -2.40. The van der Waals surface area contributed by atoms with E-state index in [1.165, 1.54) is 10.6 Å². The Morgan fingerprint density at radius 2 is 1.96 bits per heavy atom. The molecule has 0 atom stereocenters. The Morgan fingerprint density at radius 3 is 2.52 bits per heavy atom. The van der Waals surface area contributed by atoms with Gasteiger partial charge in [-0.3, -0.25) is 4.99 Å². The largest absolute Gasteiger partial charge is 0.356 e. The molecule has 0 amide bonds. The molecule has 0 heterocycles. The van der Waals surface area contributed by atoms with Crippen LogP contribution in [0.2, 0.25) is 5.02 Å². The molecular formula is C16H28ClIN4O2S. The average Bonchev–Trinajstić information content (AvgIpc) is 2.52. The Morgan fingerprint density at radius 1 is 1.28 bits per heavy atom. The molecule has 1 aromatic rings. The van der Waals surface area contributed by atoms with Crippen LogP contribution in [0, 0.1) is 0 Å². The second kappa shape index (κ2) is 12.7. The predicted octanol–water partition coefficient (Wildman–Crippen LogP) is 2.34. The number of hydrogen-bond donors (Lipinski definition) is 2. The summed E-state index contributed by atoms with van der Waals surface area (Å²) >= 11 is 5.96. The number of nitrogens with zero attached hydrogens (tertiary/aromatic N) is 2. The van der Waals surface area contributed by atoms with Crippen LogP contribution in [-0.2, 0) is 16.4 Å². The quantitative estimate of drug-likeness (QED) is 0.235. The molecule has 9 heteroatoms. The van der Waals surface area contributed by atoms with Gasteiger partial charge in [-0.05, 0) is 30.5 Å². The van der Waals surface area contributed by atoms with E-state index in [1.807, 2.05) is 31.2 Å². The minimum absolute atomic E-state index is 0. The molecule has 1 aromatic carbocycles. The molecule has 1 rings (SSSR count). The molecule has 0 saturated carbocycles. The SMILES string of the molecule is CCN(CCCNC(=NC)NCCc1cccc(Cl)c1)S(C)(=O)=O.I. The van der Waals surface area contributed by atoms with Crippen LogP contribution in [0.15, 0.2) is 29.3 Å². The van der Waals surface area contributed by atoms with Crippen LogP contribution < -0.4 is 10.6 Å². The maximum absolute atomic E-state index is 11.5. The smallest absolute Gasteiger partial charge is 0.211 e. The van der Waals surface area contributed by atoms with Gasteiger partial charge in [0.25, 0.3) is 0 Å². The molecular weight excluding hydrogens is 475 g/mol. The molecule has 0 spiro atoms. The first-order chi connectivity index (χ1) is 11.4. The van der Waals surface area contributed by atoms with Gasteiger partial charge in [-0.2, -0.15) is 0 Å². The molecule has 0 aliphatic carbocycles. The van der Waals surface area contributed by atoms with Crippen LogP contribution >= 0.6 is 35.6 Å². The summed E-state index contributed by atoms with van der Waals surface area (Å²) in [5.41, 5.74) is 1.16. The van der Waals surface area contributed by atoms with E-state index in [2.05, 4.69) is 15.6 Å². The summed E-state index contributed by atoms with van der Waals surface area (Å²) in [4.78, 5) is 4.16. The van der Waals surface area contributed by atoms with E-state index in [0.29, 0.717) is 25.6 Å². The van der Waals surface area contributed by atoms with Crippen molar-refractivity contribution in [3.8, 4) is 0 Å². The Bertz CT molecular complexity index is 641. The van der Waals surface area contributed by atoms with Crippen molar-refractivity contribution in [2.75, 3.05) is 39.5 Å². The van der Waals surface area contributed by atoms with Crippen molar-refractivity contribution in [2.24, 2.45) is 4.99 Å². The van der Waals surface area contributed by atoms with E-state index in [-0.39, 0.29) is 24.0 Å². The van der Waals surface area contributed by atoms with Crippen LogP contribution in [0.1, 0.15) is 18.9 Å². The van der Waals surface area contributed by atoms with Gasteiger partial charge >= 0.3 is 0 Å². The van der Waals surface area contributed by atoms with Gasteiger partial charge in [-0.1, -0.05) is 30.7 Å². The average molecular weight is 503 g/mol. The number of nitrogens with one attached hydrogen (secondary N) is 2. The van der Waals surface area contributed by atoms with Crippen LogP contribution in [0.4, 0.5) is 0 Å². The van der Waals surface area contributed by atoms with Crippen molar-refractivity contribution in [3.63, 3.8) is 0 Å². The summed E-state index contributed by atoms with van der Waals surface area (Å²) in [5, 5.41) is 7.16. The molecule has 0 bridgehead atoms. The highest BCUT2D eigenvalue weighted by molar-refractivity contribution is 14.0. The number of aliphatic imine (C=N–C) groups is 1. The zero-order valence-corrected chi connectivity index (χ0v) is 18.9. The highest BCUT2D eigenvalue weighted by Crippen LogP contribution is 2.10. The van der Waals surface area contributed by atoms with Crippen LogP contribution in [0.3, 0.4) is 0 Å². The standard InChI is InChI=1S/C16H27ClN4O2S.HI/c1-4-21(24(3,22)23)12-6-10-19-16(18-2)20-11-9-14-7-5-8-15(17)13-14;/h5,7-8,13H,4,6,9-12H2,1-3H3,(H2,18,19,20);1H. The predicted molar refractivity (Wildman–Crippen MR) is 117 cm³/mol. The molecule has 0 saturated heterocycles. The summed E-state index contributed by atoms with van der Waals surface area (Å²) in [6.07, 6.45) is 2.80. The minimum atomic E-state index is -3.12. The summed E-state index contributed by atoms with van der Waals surface area (Å²) in [7, 11) is -1.41. The van der Waals surface area contributed by atoms with Gasteiger partial charge in [0, 0.05) is 38.2 Å². The first-order valence-electron chi connectivity index (χ1n) is 8.01. The normalized spacial score (nSPS) is 12.0. The van der Waals surface area contributed by atoms with Gasteiger partial charge in [-0.15, -0.1) is 24.0 Å². The third kappa shape index (κ3) is 10.2. The number of benzene rings is 1. The van der Waals surface area contributed by atoms with Crippen LogP contribution in [0.25, 0.3) is 0 Å². The highest BCUT2D eigenvalue weighted by Gasteiger charge is 2.13. The lowest BCUT2D eigenvalue weighted by molar-refractivity contribution is 0.424. The highest BCUT2D eigenvalue weighted by atomic mass is 127. The van der Waals surface area contributed by atoms with E-state index in [4.69, 9.17) is 11.6 Å². The van der Waals surface area contributed by atoms with Gasteiger partial charge in [-0.25, -0.2) is 12.7 Å². The number of sulfonamides is 1. The van der Waals surface area contributed by atoms with Gasteiger partial charge in [0.05, 0.1) is 6.26 Å². The first kappa shape index (κ1) is 24.4. The van der Waals surface area contributed by atoms with Crippen LogP contribution in [0.5, 0.6) is 0 Å². The number of guanidine groups is 1.